The third-order valence-corrected chi connectivity index (χ3v) is 1.92. The predicted molar refractivity (Wildman–Crippen MR) is 45.1 cm³/mol. The summed E-state index contributed by atoms with van der Waals surface area (Å²) in [6.45, 7) is 3.65. The summed E-state index contributed by atoms with van der Waals surface area (Å²) in [5, 5.41) is 17.9. The summed E-state index contributed by atoms with van der Waals surface area (Å²) < 4.78 is 0. The van der Waals surface area contributed by atoms with Crippen LogP contribution in [0.25, 0.3) is 0 Å². The summed E-state index contributed by atoms with van der Waals surface area (Å²) in [4.78, 5) is 2.02. The predicted octanol–water partition coefficient (Wildman–Crippen LogP) is -0.0299. The molecule has 0 aliphatic carbocycles. The van der Waals surface area contributed by atoms with Crippen LogP contribution in [0, 0.1) is 23.2 Å². The largest absolute Gasteiger partial charge is 0.386 e. The smallest absolute Gasteiger partial charge is 0.103 e. The lowest BCUT2D eigenvalue weighted by Gasteiger charge is -2.44. The molecule has 1 heterocycles. The van der Waals surface area contributed by atoms with Crippen molar-refractivity contribution in [1.82, 2.24) is 4.90 Å². The highest BCUT2D eigenvalue weighted by Crippen LogP contribution is 2.22. The molecule has 0 amide bonds. The van der Waals surface area contributed by atoms with Crippen LogP contribution in [0.5, 0.6) is 0 Å². The van der Waals surface area contributed by atoms with Gasteiger partial charge in [-0.2, -0.15) is 5.26 Å². The number of nitrogens with zero attached hydrogens (tertiary/aromatic N) is 2. The van der Waals surface area contributed by atoms with E-state index in [1.54, 1.807) is 6.92 Å². The second-order valence-corrected chi connectivity index (χ2v) is 3.13. The van der Waals surface area contributed by atoms with E-state index < -0.39 is 5.60 Å². The van der Waals surface area contributed by atoms with Crippen LogP contribution in [0.4, 0.5) is 0 Å². The molecular weight excluding hydrogens is 152 g/mol. The maximum atomic E-state index is 9.57. The van der Waals surface area contributed by atoms with Gasteiger partial charge in [-0.3, -0.25) is 4.90 Å². The number of β-amino-alcohol motifs (C(OH)–C–C–N with tert-alkyl or cyclic N) is 1. The Hall–Kier alpha value is -1.03. The SMILES string of the molecule is CC#CCN1CC(O)(CC#N)C1. The fourth-order valence-corrected chi connectivity index (χ4v) is 1.35. The highest BCUT2D eigenvalue weighted by molar-refractivity contribution is 5.06. The van der Waals surface area contributed by atoms with Crippen LogP contribution in [-0.4, -0.2) is 35.2 Å². The van der Waals surface area contributed by atoms with Crippen LogP contribution in [0.15, 0.2) is 0 Å². The zero-order valence-electron chi connectivity index (χ0n) is 7.17. The molecule has 0 unspecified atom stereocenters. The number of hydrogen-bond acceptors (Lipinski definition) is 3. The Morgan fingerprint density at radius 2 is 2.25 bits per heavy atom. The summed E-state index contributed by atoms with van der Waals surface area (Å²) in [5.41, 5.74) is -0.760. The van der Waals surface area contributed by atoms with Crippen LogP contribution >= 0.6 is 0 Å². The van der Waals surface area contributed by atoms with E-state index in [-0.39, 0.29) is 6.42 Å². The zero-order chi connectivity index (χ0) is 9.03. The van der Waals surface area contributed by atoms with Crippen molar-refractivity contribution in [2.75, 3.05) is 19.6 Å². The lowest BCUT2D eigenvalue weighted by atomic mass is 9.91. The number of nitriles is 1. The summed E-state index contributed by atoms with van der Waals surface area (Å²) in [7, 11) is 0. The van der Waals surface area contributed by atoms with Gasteiger partial charge < -0.3 is 5.11 Å². The maximum Gasteiger partial charge on any atom is 0.103 e. The molecule has 0 atom stereocenters. The Kier molecular flexibility index (Phi) is 2.70. The molecule has 0 aromatic rings. The van der Waals surface area contributed by atoms with Gasteiger partial charge in [-0.15, -0.1) is 5.92 Å². The van der Waals surface area contributed by atoms with Crippen LogP contribution < -0.4 is 0 Å². The van der Waals surface area contributed by atoms with Crippen LogP contribution in [0.3, 0.4) is 0 Å². The Labute approximate surface area is 72.6 Å². The first-order chi connectivity index (χ1) is 5.70. The van der Waals surface area contributed by atoms with E-state index >= 15 is 0 Å². The molecule has 0 bridgehead atoms. The first kappa shape index (κ1) is 9.06. The van der Waals surface area contributed by atoms with Crippen LogP contribution in [0.2, 0.25) is 0 Å². The van der Waals surface area contributed by atoms with Crippen molar-refractivity contribution < 1.29 is 5.11 Å². The van der Waals surface area contributed by atoms with Gasteiger partial charge in [0, 0.05) is 13.1 Å². The van der Waals surface area contributed by atoms with Crippen LogP contribution in [-0.2, 0) is 0 Å². The van der Waals surface area contributed by atoms with Crippen molar-refractivity contribution in [2.24, 2.45) is 0 Å². The number of rotatable bonds is 2. The van der Waals surface area contributed by atoms with Crippen LogP contribution in [0.1, 0.15) is 13.3 Å². The van der Waals surface area contributed by atoms with E-state index in [9.17, 15) is 5.11 Å². The van der Waals surface area contributed by atoms with Gasteiger partial charge in [0.05, 0.1) is 19.0 Å². The molecule has 0 aromatic heterocycles. The molecule has 1 aliphatic rings. The lowest BCUT2D eigenvalue weighted by molar-refractivity contribution is -0.0876. The van der Waals surface area contributed by atoms with E-state index in [2.05, 4.69) is 11.8 Å². The summed E-state index contributed by atoms with van der Waals surface area (Å²) in [5.74, 6) is 5.70. The summed E-state index contributed by atoms with van der Waals surface area (Å²) >= 11 is 0. The number of likely N-dealkylation sites (tertiary alicyclic amines) is 1. The molecule has 0 radical (unpaired) electrons. The monoisotopic (exact) mass is 164 g/mol. The molecule has 0 saturated carbocycles. The molecular formula is C9H12N2O. The average Bonchev–Trinajstić information content (AvgIpc) is 1.97. The van der Waals surface area contributed by atoms with E-state index in [1.807, 2.05) is 11.0 Å². The zero-order valence-corrected chi connectivity index (χ0v) is 7.17. The molecule has 12 heavy (non-hydrogen) atoms. The van der Waals surface area contributed by atoms with Gasteiger partial charge in [0.25, 0.3) is 0 Å². The Morgan fingerprint density at radius 3 is 2.75 bits per heavy atom. The molecule has 1 fully saturated rings. The minimum absolute atomic E-state index is 0.225. The molecule has 1 N–H and O–H groups in total. The molecule has 0 spiro atoms. The Balaban J connectivity index is 2.26. The van der Waals surface area contributed by atoms with Crippen molar-refractivity contribution in [3.05, 3.63) is 0 Å². The first-order valence-corrected chi connectivity index (χ1v) is 3.91. The average molecular weight is 164 g/mol. The second kappa shape index (κ2) is 3.58. The summed E-state index contributed by atoms with van der Waals surface area (Å²) in [6, 6.07) is 1.97. The molecule has 1 rings (SSSR count). The number of hydrogen-bond donors (Lipinski definition) is 1. The van der Waals surface area contributed by atoms with Gasteiger partial charge in [-0.1, -0.05) is 5.92 Å². The maximum absolute atomic E-state index is 9.57. The molecule has 1 saturated heterocycles. The van der Waals surface area contributed by atoms with Crippen molar-refractivity contribution in [3.63, 3.8) is 0 Å². The van der Waals surface area contributed by atoms with Crippen molar-refractivity contribution in [1.29, 1.82) is 5.26 Å². The van der Waals surface area contributed by atoms with E-state index in [0.717, 1.165) is 0 Å². The highest BCUT2D eigenvalue weighted by atomic mass is 16.3. The van der Waals surface area contributed by atoms with E-state index in [4.69, 9.17) is 5.26 Å². The fraction of sp³-hybridized carbons (Fsp3) is 0.667. The quantitative estimate of drug-likeness (QED) is 0.583. The fourth-order valence-electron chi connectivity index (χ4n) is 1.35. The Bertz CT molecular complexity index is 250. The van der Waals surface area contributed by atoms with Gasteiger partial charge in [0.2, 0.25) is 0 Å². The standard InChI is InChI=1S/C9H12N2O/c1-2-3-6-11-7-9(12,8-11)4-5-10/h12H,4,6-8H2,1H3. The Morgan fingerprint density at radius 1 is 1.58 bits per heavy atom. The second-order valence-electron chi connectivity index (χ2n) is 3.13. The molecule has 1 aliphatic heterocycles. The highest BCUT2D eigenvalue weighted by Gasteiger charge is 2.40. The minimum Gasteiger partial charge on any atom is -0.386 e. The lowest BCUT2D eigenvalue weighted by Crippen LogP contribution is -2.61. The van der Waals surface area contributed by atoms with E-state index in [1.165, 1.54) is 0 Å². The normalized spacial score (nSPS) is 20.1. The minimum atomic E-state index is -0.760. The van der Waals surface area contributed by atoms with Gasteiger partial charge in [0.1, 0.15) is 5.60 Å². The topological polar surface area (TPSA) is 47.3 Å². The van der Waals surface area contributed by atoms with Crippen molar-refractivity contribution in [3.8, 4) is 17.9 Å². The molecule has 0 aromatic carbocycles. The third-order valence-electron chi connectivity index (χ3n) is 1.92. The van der Waals surface area contributed by atoms with Gasteiger partial charge in [-0.25, -0.2) is 0 Å². The first-order valence-electron chi connectivity index (χ1n) is 3.91. The van der Waals surface area contributed by atoms with Gasteiger partial charge in [0.15, 0.2) is 0 Å². The molecule has 3 heteroatoms. The third kappa shape index (κ3) is 1.98. The van der Waals surface area contributed by atoms with Gasteiger partial charge >= 0.3 is 0 Å². The summed E-state index contributed by atoms with van der Waals surface area (Å²) in [6.07, 6.45) is 0.225. The van der Waals surface area contributed by atoms with E-state index in [0.29, 0.717) is 19.6 Å². The number of aliphatic hydroxyl groups is 1. The van der Waals surface area contributed by atoms with Crippen molar-refractivity contribution >= 4 is 0 Å². The van der Waals surface area contributed by atoms with Crippen molar-refractivity contribution in [2.45, 2.75) is 18.9 Å². The van der Waals surface area contributed by atoms with Gasteiger partial charge in [-0.05, 0) is 6.92 Å². The molecule has 64 valence electrons. The molecule has 3 nitrogen and oxygen atoms in total.